The zero-order valence-electron chi connectivity index (χ0n) is 10.3. The molecular formula is C14H13ClF3N. The molecule has 2 aromatic rings. The largest absolute Gasteiger partial charge is 0.407 e. The molecule has 5 heteroatoms. The summed E-state index contributed by atoms with van der Waals surface area (Å²) in [6, 6.07) is 8.11. The van der Waals surface area contributed by atoms with Gasteiger partial charge in [0, 0.05) is 10.4 Å². The summed E-state index contributed by atoms with van der Waals surface area (Å²) in [5.41, 5.74) is 0.203. The minimum Gasteiger partial charge on any atom is -0.303 e. The molecular weight excluding hydrogens is 275 g/mol. The summed E-state index contributed by atoms with van der Waals surface area (Å²) in [4.78, 5) is 0. The van der Waals surface area contributed by atoms with E-state index >= 15 is 0 Å². The molecule has 0 amide bonds. The summed E-state index contributed by atoms with van der Waals surface area (Å²) in [6.45, 7) is 1.89. The van der Waals surface area contributed by atoms with Gasteiger partial charge < -0.3 is 5.32 Å². The van der Waals surface area contributed by atoms with Crippen LogP contribution in [0.5, 0.6) is 0 Å². The lowest BCUT2D eigenvalue weighted by Crippen LogP contribution is -2.34. The van der Waals surface area contributed by atoms with E-state index in [-0.39, 0.29) is 12.1 Å². The highest BCUT2D eigenvalue weighted by atomic mass is 35.5. The molecule has 0 aliphatic rings. The zero-order chi connectivity index (χ0) is 14.0. The standard InChI is InChI=1S/C14H13ClF3N/c1-2-19-13(14(16,17)18)11-7-8-12(15)10-6-4-3-5-9(10)11/h3-8,13,19H,2H2,1H3. The molecule has 0 saturated heterocycles. The second kappa shape index (κ2) is 5.39. The topological polar surface area (TPSA) is 12.0 Å². The van der Waals surface area contributed by atoms with E-state index in [2.05, 4.69) is 5.32 Å². The predicted octanol–water partition coefficient (Wildman–Crippen LogP) is 4.71. The van der Waals surface area contributed by atoms with Crippen LogP contribution in [0.1, 0.15) is 18.5 Å². The molecule has 1 nitrogen and oxygen atoms in total. The van der Waals surface area contributed by atoms with E-state index in [1.54, 1.807) is 31.2 Å². The van der Waals surface area contributed by atoms with Gasteiger partial charge in [0.25, 0.3) is 0 Å². The van der Waals surface area contributed by atoms with Gasteiger partial charge in [-0.1, -0.05) is 48.9 Å². The van der Waals surface area contributed by atoms with Crippen molar-refractivity contribution in [2.24, 2.45) is 0 Å². The minimum absolute atomic E-state index is 0.203. The van der Waals surface area contributed by atoms with Crippen LogP contribution in [0.25, 0.3) is 10.8 Å². The number of benzene rings is 2. The number of rotatable bonds is 3. The van der Waals surface area contributed by atoms with Crippen LogP contribution in [-0.2, 0) is 0 Å². The SMILES string of the molecule is CCNC(c1ccc(Cl)c2ccccc12)C(F)(F)F. The Bertz CT molecular complexity index is 580. The van der Waals surface area contributed by atoms with Gasteiger partial charge in [0.2, 0.25) is 0 Å². The van der Waals surface area contributed by atoms with Crippen LogP contribution in [0.4, 0.5) is 13.2 Å². The van der Waals surface area contributed by atoms with E-state index in [1.807, 2.05) is 0 Å². The maximum Gasteiger partial charge on any atom is 0.407 e. The summed E-state index contributed by atoms with van der Waals surface area (Å²) in [5.74, 6) is 0. The van der Waals surface area contributed by atoms with Gasteiger partial charge in [-0.05, 0) is 23.6 Å². The van der Waals surface area contributed by atoms with E-state index in [0.29, 0.717) is 15.8 Å². The van der Waals surface area contributed by atoms with E-state index in [4.69, 9.17) is 11.6 Å². The highest BCUT2D eigenvalue weighted by molar-refractivity contribution is 6.35. The molecule has 19 heavy (non-hydrogen) atoms. The third kappa shape index (κ3) is 2.85. The molecule has 0 heterocycles. The number of hydrogen-bond donors (Lipinski definition) is 1. The number of nitrogens with one attached hydrogen (secondary N) is 1. The van der Waals surface area contributed by atoms with Crippen molar-refractivity contribution in [1.29, 1.82) is 0 Å². The van der Waals surface area contributed by atoms with Crippen molar-refractivity contribution in [3.8, 4) is 0 Å². The molecule has 2 rings (SSSR count). The first-order valence-corrected chi connectivity index (χ1v) is 6.30. The number of halogens is 4. The molecule has 0 aromatic heterocycles. The Kier molecular flexibility index (Phi) is 4.02. The molecule has 2 aromatic carbocycles. The van der Waals surface area contributed by atoms with Crippen LogP contribution < -0.4 is 5.32 Å². The van der Waals surface area contributed by atoms with Crippen LogP contribution in [-0.4, -0.2) is 12.7 Å². The summed E-state index contributed by atoms with van der Waals surface area (Å²) in [6.07, 6.45) is -4.34. The third-order valence-electron chi connectivity index (χ3n) is 2.95. The minimum atomic E-state index is -4.34. The van der Waals surface area contributed by atoms with Crippen molar-refractivity contribution in [2.75, 3.05) is 6.54 Å². The first-order valence-electron chi connectivity index (χ1n) is 5.92. The van der Waals surface area contributed by atoms with E-state index in [1.165, 1.54) is 12.1 Å². The zero-order valence-corrected chi connectivity index (χ0v) is 11.0. The van der Waals surface area contributed by atoms with Crippen LogP contribution in [0.15, 0.2) is 36.4 Å². The summed E-state index contributed by atoms with van der Waals surface area (Å²) in [5, 5.41) is 4.10. The van der Waals surface area contributed by atoms with Crippen molar-refractivity contribution in [3.05, 3.63) is 47.0 Å². The van der Waals surface area contributed by atoms with E-state index in [0.717, 1.165) is 0 Å². The van der Waals surface area contributed by atoms with Crippen molar-refractivity contribution in [1.82, 2.24) is 5.32 Å². The normalized spacial score (nSPS) is 13.7. The lowest BCUT2D eigenvalue weighted by molar-refractivity contribution is -0.157. The Morgan fingerprint density at radius 3 is 2.32 bits per heavy atom. The van der Waals surface area contributed by atoms with Crippen molar-refractivity contribution in [2.45, 2.75) is 19.1 Å². The van der Waals surface area contributed by atoms with Crippen LogP contribution in [0, 0.1) is 0 Å². The fourth-order valence-electron chi connectivity index (χ4n) is 2.14. The van der Waals surface area contributed by atoms with Crippen LogP contribution >= 0.6 is 11.6 Å². The van der Waals surface area contributed by atoms with Crippen molar-refractivity contribution < 1.29 is 13.2 Å². The van der Waals surface area contributed by atoms with Gasteiger partial charge in [-0.2, -0.15) is 13.2 Å². The summed E-state index contributed by atoms with van der Waals surface area (Å²) in [7, 11) is 0. The molecule has 0 aliphatic heterocycles. The number of fused-ring (bicyclic) bond motifs is 1. The Balaban J connectivity index is 2.64. The number of alkyl halides is 3. The molecule has 102 valence electrons. The van der Waals surface area contributed by atoms with Gasteiger partial charge in [0.05, 0.1) is 0 Å². The van der Waals surface area contributed by atoms with Gasteiger partial charge >= 0.3 is 6.18 Å². The second-order valence-corrected chi connectivity index (χ2v) is 4.62. The fraction of sp³-hybridized carbons (Fsp3) is 0.286. The van der Waals surface area contributed by atoms with Crippen LogP contribution in [0.3, 0.4) is 0 Å². The lowest BCUT2D eigenvalue weighted by Gasteiger charge is -2.23. The monoisotopic (exact) mass is 287 g/mol. The van der Waals surface area contributed by atoms with Crippen molar-refractivity contribution in [3.63, 3.8) is 0 Å². The van der Waals surface area contributed by atoms with Crippen LogP contribution in [0.2, 0.25) is 5.02 Å². The first-order chi connectivity index (χ1) is 8.95. The maximum atomic E-state index is 13.1. The molecule has 1 unspecified atom stereocenters. The maximum absolute atomic E-state index is 13.1. The summed E-state index contributed by atoms with van der Waals surface area (Å²) >= 11 is 6.02. The molecule has 1 atom stereocenters. The molecule has 0 radical (unpaired) electrons. The Hall–Kier alpha value is -1.26. The molecule has 0 bridgehead atoms. The third-order valence-corrected chi connectivity index (χ3v) is 3.28. The highest BCUT2D eigenvalue weighted by Gasteiger charge is 2.40. The molecule has 0 saturated carbocycles. The molecule has 0 spiro atoms. The first kappa shape index (κ1) is 14.2. The van der Waals surface area contributed by atoms with Gasteiger partial charge in [0.15, 0.2) is 0 Å². The fourth-order valence-corrected chi connectivity index (χ4v) is 2.37. The Labute approximate surface area is 114 Å². The molecule has 1 N–H and O–H groups in total. The lowest BCUT2D eigenvalue weighted by atomic mass is 9.98. The smallest absolute Gasteiger partial charge is 0.303 e. The van der Waals surface area contributed by atoms with Gasteiger partial charge in [-0.25, -0.2) is 0 Å². The Morgan fingerprint density at radius 2 is 1.74 bits per heavy atom. The Morgan fingerprint density at radius 1 is 1.11 bits per heavy atom. The predicted molar refractivity (Wildman–Crippen MR) is 71.4 cm³/mol. The quantitative estimate of drug-likeness (QED) is 0.862. The summed E-state index contributed by atoms with van der Waals surface area (Å²) < 4.78 is 39.4. The van der Waals surface area contributed by atoms with Crippen molar-refractivity contribution >= 4 is 22.4 Å². The van der Waals surface area contributed by atoms with Gasteiger partial charge in [-0.15, -0.1) is 0 Å². The second-order valence-electron chi connectivity index (χ2n) is 4.21. The average molecular weight is 288 g/mol. The van der Waals surface area contributed by atoms with E-state index < -0.39 is 12.2 Å². The van der Waals surface area contributed by atoms with Gasteiger partial charge in [-0.3, -0.25) is 0 Å². The average Bonchev–Trinajstić information content (AvgIpc) is 2.36. The van der Waals surface area contributed by atoms with Gasteiger partial charge in [0.1, 0.15) is 6.04 Å². The molecule has 0 fully saturated rings. The highest BCUT2D eigenvalue weighted by Crippen LogP contribution is 2.37. The van der Waals surface area contributed by atoms with E-state index in [9.17, 15) is 13.2 Å². The number of hydrogen-bond acceptors (Lipinski definition) is 1. The molecule has 0 aliphatic carbocycles.